The van der Waals surface area contributed by atoms with Gasteiger partial charge in [-0.3, -0.25) is 9.78 Å². The molecule has 4 aromatic rings. The molecule has 1 aliphatic carbocycles. The van der Waals surface area contributed by atoms with Crippen LogP contribution in [0.3, 0.4) is 0 Å². The molecule has 164 valence electrons. The standard InChI is InChI=1S/C27H24N4O2/c32-22-7-3-17(4-8-22)9-11-28-16-21-6-5-18-12-19-14-27(15-20(19)13-24(18)30-21)23-2-1-10-29-25(23)31-26(27)33/h1-8,10,12-13,28,32H,9,11,14-16H2,(H,29,31,33). The molecule has 2 aliphatic rings. The summed E-state index contributed by atoms with van der Waals surface area (Å²) in [6.07, 6.45) is 3.99. The van der Waals surface area contributed by atoms with Gasteiger partial charge in [-0.05, 0) is 78.9 Å². The van der Waals surface area contributed by atoms with Gasteiger partial charge in [0.2, 0.25) is 5.91 Å². The average molecular weight is 437 g/mol. The second-order valence-corrected chi connectivity index (χ2v) is 9.00. The summed E-state index contributed by atoms with van der Waals surface area (Å²) < 4.78 is 0. The normalized spacial score (nSPS) is 18.5. The van der Waals surface area contributed by atoms with Gasteiger partial charge in [0.05, 0.1) is 16.6 Å². The van der Waals surface area contributed by atoms with Gasteiger partial charge >= 0.3 is 0 Å². The van der Waals surface area contributed by atoms with Gasteiger partial charge in [-0.1, -0.05) is 24.3 Å². The van der Waals surface area contributed by atoms with E-state index in [4.69, 9.17) is 4.98 Å². The van der Waals surface area contributed by atoms with Crippen molar-refractivity contribution in [2.75, 3.05) is 11.9 Å². The van der Waals surface area contributed by atoms with E-state index in [0.717, 1.165) is 35.1 Å². The molecule has 1 unspecified atom stereocenters. The number of anilines is 1. The molecule has 0 fully saturated rings. The van der Waals surface area contributed by atoms with Gasteiger partial charge in [-0.15, -0.1) is 0 Å². The quantitative estimate of drug-likeness (QED) is 0.416. The van der Waals surface area contributed by atoms with Crippen LogP contribution in [0, 0.1) is 0 Å². The van der Waals surface area contributed by atoms with Gasteiger partial charge < -0.3 is 15.7 Å². The lowest BCUT2D eigenvalue weighted by atomic mass is 9.79. The number of nitrogens with one attached hydrogen (secondary N) is 2. The number of carbonyl (C=O) groups is 1. The van der Waals surface area contributed by atoms with E-state index in [0.29, 0.717) is 31.0 Å². The Labute approximate surface area is 191 Å². The second kappa shape index (κ2) is 7.67. The molecule has 2 aromatic carbocycles. The summed E-state index contributed by atoms with van der Waals surface area (Å²) in [5.74, 6) is 1.03. The van der Waals surface area contributed by atoms with Crippen LogP contribution in [0.4, 0.5) is 5.82 Å². The van der Waals surface area contributed by atoms with Crippen molar-refractivity contribution in [1.82, 2.24) is 15.3 Å². The molecular formula is C27H24N4O2. The number of pyridine rings is 2. The summed E-state index contributed by atoms with van der Waals surface area (Å²) in [6.45, 7) is 1.52. The van der Waals surface area contributed by atoms with E-state index in [1.165, 1.54) is 16.7 Å². The number of phenolic OH excluding ortho intramolecular Hbond substituents is 1. The molecule has 6 heteroatoms. The number of amides is 1. The highest BCUT2D eigenvalue weighted by molar-refractivity contribution is 6.06. The average Bonchev–Trinajstić information content (AvgIpc) is 3.33. The third-order valence-electron chi connectivity index (χ3n) is 6.88. The highest BCUT2D eigenvalue weighted by atomic mass is 16.3. The van der Waals surface area contributed by atoms with E-state index in [9.17, 15) is 9.90 Å². The Hall–Kier alpha value is -3.77. The van der Waals surface area contributed by atoms with Crippen molar-refractivity contribution in [3.63, 3.8) is 0 Å². The summed E-state index contributed by atoms with van der Waals surface area (Å²) >= 11 is 0. The molecule has 3 heterocycles. The SMILES string of the molecule is O=C1Nc2ncccc2C12Cc1cc3ccc(CNCCc4ccc(O)cc4)nc3cc1C2. The summed E-state index contributed by atoms with van der Waals surface area (Å²) in [4.78, 5) is 22.2. The maximum absolute atomic E-state index is 12.9. The molecule has 6 nitrogen and oxygen atoms in total. The predicted molar refractivity (Wildman–Crippen MR) is 127 cm³/mol. The van der Waals surface area contributed by atoms with Crippen molar-refractivity contribution in [3.05, 3.63) is 94.8 Å². The third-order valence-corrected chi connectivity index (χ3v) is 6.88. The fourth-order valence-electron chi connectivity index (χ4n) is 5.15. The van der Waals surface area contributed by atoms with Crippen LogP contribution in [0.5, 0.6) is 5.75 Å². The molecule has 0 saturated carbocycles. The first kappa shape index (κ1) is 19.9. The smallest absolute Gasteiger partial charge is 0.237 e. The number of aromatic hydroxyl groups is 1. The minimum Gasteiger partial charge on any atom is -0.508 e. The van der Waals surface area contributed by atoms with Crippen molar-refractivity contribution in [3.8, 4) is 5.75 Å². The van der Waals surface area contributed by atoms with Crippen LogP contribution in [-0.4, -0.2) is 27.5 Å². The fraction of sp³-hybridized carbons (Fsp3) is 0.222. The van der Waals surface area contributed by atoms with Gasteiger partial charge in [0.15, 0.2) is 0 Å². The Morgan fingerprint density at radius 2 is 1.85 bits per heavy atom. The summed E-state index contributed by atoms with van der Waals surface area (Å²) in [5, 5.41) is 16.9. The number of hydrogen-bond acceptors (Lipinski definition) is 5. The first-order valence-corrected chi connectivity index (χ1v) is 11.3. The van der Waals surface area contributed by atoms with Crippen molar-refractivity contribution < 1.29 is 9.90 Å². The minimum atomic E-state index is -0.554. The largest absolute Gasteiger partial charge is 0.508 e. The Morgan fingerprint density at radius 1 is 1.03 bits per heavy atom. The zero-order chi connectivity index (χ0) is 22.4. The van der Waals surface area contributed by atoms with Crippen molar-refractivity contribution in [1.29, 1.82) is 0 Å². The van der Waals surface area contributed by atoms with Crippen LogP contribution >= 0.6 is 0 Å². The molecule has 1 aliphatic heterocycles. The molecule has 0 saturated heterocycles. The van der Waals surface area contributed by atoms with E-state index >= 15 is 0 Å². The van der Waals surface area contributed by atoms with E-state index in [1.807, 2.05) is 24.3 Å². The lowest BCUT2D eigenvalue weighted by Crippen LogP contribution is -2.35. The van der Waals surface area contributed by atoms with Gasteiger partial charge in [0.1, 0.15) is 11.6 Å². The van der Waals surface area contributed by atoms with Crippen LogP contribution in [0.25, 0.3) is 10.9 Å². The predicted octanol–water partition coefficient (Wildman–Crippen LogP) is 3.66. The summed E-state index contributed by atoms with van der Waals surface area (Å²) in [7, 11) is 0. The zero-order valence-corrected chi connectivity index (χ0v) is 18.1. The highest BCUT2D eigenvalue weighted by Gasteiger charge is 2.51. The van der Waals surface area contributed by atoms with Crippen molar-refractivity contribution in [2.24, 2.45) is 0 Å². The van der Waals surface area contributed by atoms with Crippen LogP contribution < -0.4 is 10.6 Å². The van der Waals surface area contributed by atoms with Crippen LogP contribution in [0.1, 0.15) is 27.9 Å². The monoisotopic (exact) mass is 436 g/mol. The maximum atomic E-state index is 12.9. The summed E-state index contributed by atoms with van der Waals surface area (Å²) in [6, 6.07) is 19.8. The Morgan fingerprint density at radius 3 is 2.70 bits per heavy atom. The number of benzene rings is 2. The lowest BCUT2D eigenvalue weighted by molar-refractivity contribution is -0.120. The van der Waals surface area contributed by atoms with E-state index in [2.05, 4.69) is 39.9 Å². The van der Waals surface area contributed by atoms with Gasteiger partial charge in [-0.2, -0.15) is 0 Å². The van der Waals surface area contributed by atoms with Crippen LogP contribution in [0.15, 0.2) is 66.9 Å². The Bertz CT molecular complexity index is 1380. The van der Waals surface area contributed by atoms with E-state index in [-0.39, 0.29) is 5.91 Å². The molecule has 1 amide bonds. The van der Waals surface area contributed by atoms with Crippen molar-refractivity contribution >= 4 is 22.6 Å². The summed E-state index contributed by atoms with van der Waals surface area (Å²) in [5.41, 5.74) is 6.01. The molecule has 2 aromatic heterocycles. The molecule has 1 spiro atoms. The first-order chi connectivity index (χ1) is 16.1. The molecule has 3 N–H and O–H groups in total. The van der Waals surface area contributed by atoms with Crippen LogP contribution in [0.2, 0.25) is 0 Å². The second-order valence-electron chi connectivity index (χ2n) is 9.00. The number of hydrogen-bond donors (Lipinski definition) is 3. The molecule has 0 bridgehead atoms. The highest BCUT2D eigenvalue weighted by Crippen LogP contribution is 2.47. The molecule has 33 heavy (non-hydrogen) atoms. The van der Waals surface area contributed by atoms with Gasteiger partial charge in [-0.25, -0.2) is 4.98 Å². The number of carbonyl (C=O) groups excluding carboxylic acids is 1. The number of rotatable bonds is 5. The van der Waals surface area contributed by atoms with Gasteiger partial charge in [0.25, 0.3) is 0 Å². The fourth-order valence-corrected chi connectivity index (χ4v) is 5.15. The molecule has 1 atom stereocenters. The Balaban J connectivity index is 1.19. The number of aromatic nitrogens is 2. The minimum absolute atomic E-state index is 0.0444. The number of fused-ring (bicyclic) bond motifs is 4. The topological polar surface area (TPSA) is 87.1 Å². The molecule has 6 rings (SSSR count). The molecule has 0 radical (unpaired) electrons. The Kier molecular flexibility index (Phi) is 4.62. The zero-order valence-electron chi connectivity index (χ0n) is 18.1. The van der Waals surface area contributed by atoms with E-state index in [1.54, 1.807) is 18.3 Å². The maximum Gasteiger partial charge on any atom is 0.237 e. The molecular weight excluding hydrogens is 412 g/mol. The van der Waals surface area contributed by atoms with E-state index < -0.39 is 5.41 Å². The van der Waals surface area contributed by atoms with Gasteiger partial charge in [0, 0.05) is 23.7 Å². The first-order valence-electron chi connectivity index (χ1n) is 11.3. The lowest BCUT2D eigenvalue weighted by Gasteiger charge is -2.20. The third kappa shape index (κ3) is 3.43. The number of phenols is 1. The van der Waals surface area contributed by atoms with Crippen molar-refractivity contribution in [2.45, 2.75) is 31.2 Å². The number of nitrogens with zero attached hydrogens (tertiary/aromatic N) is 2. The van der Waals surface area contributed by atoms with Crippen LogP contribution in [-0.2, 0) is 36.0 Å².